The van der Waals surface area contributed by atoms with Gasteiger partial charge in [-0.15, -0.1) is 0 Å². The van der Waals surface area contributed by atoms with Gasteiger partial charge in [-0.1, -0.05) is 17.7 Å². The maximum absolute atomic E-state index is 6.21. The molecule has 0 radical (unpaired) electrons. The summed E-state index contributed by atoms with van der Waals surface area (Å²) in [5.74, 6) is 1.70. The first kappa shape index (κ1) is 17.9. The maximum Gasteiger partial charge on any atom is 0.227 e. The van der Waals surface area contributed by atoms with E-state index in [0.717, 1.165) is 49.8 Å². The van der Waals surface area contributed by atoms with E-state index in [1.165, 1.54) is 0 Å². The van der Waals surface area contributed by atoms with Crippen LogP contribution in [0.25, 0.3) is 0 Å². The smallest absolute Gasteiger partial charge is 0.227 e. The molecule has 2 aromatic rings. The highest BCUT2D eigenvalue weighted by molar-refractivity contribution is 6.30. The van der Waals surface area contributed by atoms with E-state index in [4.69, 9.17) is 11.6 Å². The van der Waals surface area contributed by atoms with Gasteiger partial charge in [0.15, 0.2) is 0 Å². The molecule has 3 heterocycles. The van der Waals surface area contributed by atoms with E-state index in [0.29, 0.717) is 11.2 Å². The first-order valence-electron chi connectivity index (χ1n) is 8.59. The number of anilines is 2. The molecule has 1 aliphatic rings. The van der Waals surface area contributed by atoms with E-state index in [9.17, 15) is 0 Å². The van der Waals surface area contributed by atoms with E-state index in [-0.39, 0.29) is 0 Å². The number of halogens is 1. The lowest BCUT2D eigenvalue weighted by Crippen LogP contribution is -2.46. The third kappa shape index (κ3) is 4.38. The largest absolute Gasteiger partial charge is 0.363 e. The molecule has 0 spiro atoms. The van der Waals surface area contributed by atoms with Crippen LogP contribution in [0.5, 0.6) is 0 Å². The van der Waals surface area contributed by atoms with Crippen LogP contribution in [0.4, 0.5) is 11.8 Å². The Bertz CT molecular complexity index is 707. The van der Waals surface area contributed by atoms with E-state index in [1.807, 2.05) is 43.4 Å². The minimum atomic E-state index is 0.390. The second-order valence-electron chi connectivity index (χ2n) is 6.70. The molecular formula is C18H25ClN6. The zero-order valence-electron chi connectivity index (χ0n) is 15.1. The number of rotatable bonds is 5. The molecular weight excluding hydrogens is 336 g/mol. The van der Waals surface area contributed by atoms with Gasteiger partial charge in [-0.25, -0.2) is 9.97 Å². The molecule has 1 fully saturated rings. The second kappa shape index (κ2) is 7.97. The predicted octanol–water partition coefficient (Wildman–Crippen LogP) is 2.69. The number of hydrogen-bond acceptors (Lipinski definition) is 6. The van der Waals surface area contributed by atoms with Crippen molar-refractivity contribution in [2.45, 2.75) is 25.4 Å². The maximum atomic E-state index is 6.21. The summed E-state index contributed by atoms with van der Waals surface area (Å²) < 4.78 is 0. The van der Waals surface area contributed by atoms with Crippen molar-refractivity contribution in [1.29, 1.82) is 0 Å². The van der Waals surface area contributed by atoms with Gasteiger partial charge < -0.3 is 9.80 Å². The Morgan fingerprint density at radius 1 is 1.20 bits per heavy atom. The molecule has 134 valence electrons. The average Bonchev–Trinajstić information content (AvgIpc) is 2.63. The van der Waals surface area contributed by atoms with Crippen molar-refractivity contribution in [3.8, 4) is 0 Å². The SMILES string of the molecule is CN(C)c1ccnc(N(C)C2CCCN(Cc3cccnc3Cl)C2)n1. The molecule has 0 aromatic carbocycles. The van der Waals surface area contributed by atoms with Crippen LogP contribution in [0.1, 0.15) is 18.4 Å². The molecule has 1 atom stereocenters. The molecule has 3 rings (SSSR count). The van der Waals surface area contributed by atoms with Crippen LogP contribution in [-0.4, -0.2) is 60.1 Å². The number of piperidine rings is 1. The van der Waals surface area contributed by atoms with Crippen molar-refractivity contribution in [3.05, 3.63) is 41.3 Å². The molecule has 0 aliphatic carbocycles. The lowest BCUT2D eigenvalue weighted by molar-refractivity contribution is 0.198. The van der Waals surface area contributed by atoms with Gasteiger partial charge in [-0.2, -0.15) is 4.98 Å². The summed E-state index contributed by atoms with van der Waals surface area (Å²) in [6.45, 7) is 2.88. The summed E-state index contributed by atoms with van der Waals surface area (Å²) in [4.78, 5) is 19.9. The van der Waals surface area contributed by atoms with E-state index in [1.54, 1.807) is 6.20 Å². The van der Waals surface area contributed by atoms with Crippen LogP contribution in [0.2, 0.25) is 5.15 Å². The average molecular weight is 361 g/mol. The molecule has 0 N–H and O–H groups in total. The molecule has 0 amide bonds. The minimum Gasteiger partial charge on any atom is -0.363 e. The Labute approximate surface area is 154 Å². The fourth-order valence-electron chi connectivity index (χ4n) is 3.19. The zero-order valence-corrected chi connectivity index (χ0v) is 15.8. The van der Waals surface area contributed by atoms with Gasteiger partial charge in [-0.05, 0) is 31.5 Å². The lowest BCUT2D eigenvalue weighted by Gasteiger charge is -2.37. The van der Waals surface area contributed by atoms with Gasteiger partial charge in [-0.3, -0.25) is 4.90 Å². The van der Waals surface area contributed by atoms with Gasteiger partial charge in [0.25, 0.3) is 0 Å². The Morgan fingerprint density at radius 2 is 2.04 bits per heavy atom. The van der Waals surface area contributed by atoms with Crippen LogP contribution in [0.15, 0.2) is 30.6 Å². The highest BCUT2D eigenvalue weighted by Gasteiger charge is 2.25. The van der Waals surface area contributed by atoms with Crippen molar-refractivity contribution in [3.63, 3.8) is 0 Å². The highest BCUT2D eigenvalue weighted by Crippen LogP contribution is 2.22. The Hall–Kier alpha value is -1.92. The molecule has 1 saturated heterocycles. The molecule has 7 heteroatoms. The predicted molar refractivity (Wildman–Crippen MR) is 102 cm³/mol. The van der Waals surface area contributed by atoms with E-state index >= 15 is 0 Å². The van der Waals surface area contributed by atoms with Crippen LogP contribution >= 0.6 is 11.6 Å². The Morgan fingerprint density at radius 3 is 2.80 bits per heavy atom. The molecule has 6 nitrogen and oxygen atoms in total. The summed E-state index contributed by atoms with van der Waals surface area (Å²) >= 11 is 6.21. The third-order valence-electron chi connectivity index (χ3n) is 4.66. The minimum absolute atomic E-state index is 0.390. The highest BCUT2D eigenvalue weighted by atomic mass is 35.5. The molecule has 0 saturated carbocycles. The van der Waals surface area contributed by atoms with Gasteiger partial charge in [0.05, 0.1) is 0 Å². The lowest BCUT2D eigenvalue weighted by atomic mass is 10.0. The summed E-state index contributed by atoms with van der Waals surface area (Å²) in [5.41, 5.74) is 1.08. The topological polar surface area (TPSA) is 48.4 Å². The molecule has 1 unspecified atom stereocenters. The monoisotopic (exact) mass is 360 g/mol. The van der Waals surface area contributed by atoms with E-state index < -0.39 is 0 Å². The number of likely N-dealkylation sites (N-methyl/N-ethyl adjacent to an activating group) is 1. The molecule has 2 aromatic heterocycles. The van der Waals surface area contributed by atoms with Crippen LogP contribution in [-0.2, 0) is 6.54 Å². The normalized spacial score (nSPS) is 18.2. The fourth-order valence-corrected chi connectivity index (χ4v) is 3.37. The van der Waals surface area contributed by atoms with Crippen molar-refractivity contribution in [2.75, 3.05) is 44.0 Å². The number of pyridine rings is 1. The van der Waals surface area contributed by atoms with Crippen LogP contribution in [0, 0.1) is 0 Å². The first-order valence-corrected chi connectivity index (χ1v) is 8.97. The number of nitrogens with zero attached hydrogens (tertiary/aromatic N) is 6. The van der Waals surface area contributed by atoms with Gasteiger partial charge in [0, 0.05) is 58.2 Å². The molecule has 25 heavy (non-hydrogen) atoms. The summed E-state index contributed by atoms with van der Waals surface area (Å²) in [6.07, 6.45) is 5.85. The van der Waals surface area contributed by atoms with E-state index in [2.05, 4.69) is 31.8 Å². The Kier molecular flexibility index (Phi) is 5.71. The number of hydrogen-bond donors (Lipinski definition) is 0. The zero-order chi connectivity index (χ0) is 17.8. The summed E-state index contributed by atoms with van der Waals surface area (Å²) in [5, 5.41) is 0.597. The number of aromatic nitrogens is 3. The fraction of sp³-hybridized carbons (Fsp3) is 0.500. The van der Waals surface area contributed by atoms with Crippen molar-refractivity contribution in [1.82, 2.24) is 19.9 Å². The van der Waals surface area contributed by atoms with Gasteiger partial charge in [0.1, 0.15) is 11.0 Å². The number of likely N-dealkylation sites (tertiary alicyclic amines) is 1. The second-order valence-corrected chi connectivity index (χ2v) is 7.06. The van der Waals surface area contributed by atoms with Gasteiger partial charge in [0.2, 0.25) is 5.95 Å². The van der Waals surface area contributed by atoms with Crippen molar-refractivity contribution >= 4 is 23.4 Å². The quantitative estimate of drug-likeness (QED) is 0.764. The van der Waals surface area contributed by atoms with Gasteiger partial charge >= 0.3 is 0 Å². The van der Waals surface area contributed by atoms with Crippen molar-refractivity contribution < 1.29 is 0 Å². The Balaban J connectivity index is 1.68. The standard InChI is InChI=1S/C18H25ClN6/c1-23(2)16-8-10-21-18(22-16)24(3)15-7-5-11-25(13-15)12-14-6-4-9-20-17(14)19/h4,6,8-10,15H,5,7,11-13H2,1-3H3. The molecule has 0 bridgehead atoms. The van der Waals surface area contributed by atoms with Crippen LogP contribution < -0.4 is 9.80 Å². The third-order valence-corrected chi connectivity index (χ3v) is 5.00. The summed E-state index contributed by atoms with van der Waals surface area (Å²) in [6, 6.07) is 6.30. The van der Waals surface area contributed by atoms with Crippen LogP contribution in [0.3, 0.4) is 0 Å². The first-order chi connectivity index (χ1) is 12.0. The van der Waals surface area contributed by atoms with Crippen molar-refractivity contribution in [2.24, 2.45) is 0 Å². The summed E-state index contributed by atoms with van der Waals surface area (Å²) in [7, 11) is 6.07. The molecule has 1 aliphatic heterocycles.